The Kier molecular flexibility index (Phi) is 8.42. The van der Waals surface area contributed by atoms with Crippen molar-refractivity contribution in [1.82, 2.24) is 15.5 Å². The van der Waals surface area contributed by atoms with Crippen LogP contribution < -0.4 is 10.6 Å². The third-order valence-electron chi connectivity index (χ3n) is 6.34. The van der Waals surface area contributed by atoms with E-state index >= 15 is 0 Å². The molecule has 0 bridgehead atoms. The highest BCUT2D eigenvalue weighted by molar-refractivity contribution is 5.99. The van der Waals surface area contributed by atoms with Crippen molar-refractivity contribution in [2.75, 3.05) is 27.2 Å². The smallest absolute Gasteiger partial charge is 0.255 e. The fourth-order valence-electron chi connectivity index (χ4n) is 3.47. The molecule has 1 aliphatic heterocycles. The van der Waals surface area contributed by atoms with Crippen LogP contribution in [0.25, 0.3) is 0 Å². The van der Waals surface area contributed by atoms with Crippen LogP contribution in [0.5, 0.6) is 0 Å². The van der Waals surface area contributed by atoms with E-state index in [1.54, 1.807) is 13.0 Å². The lowest BCUT2D eigenvalue weighted by Crippen LogP contribution is -2.54. The first-order valence-corrected chi connectivity index (χ1v) is 10.9. The molecule has 1 aromatic heterocycles. The van der Waals surface area contributed by atoms with Gasteiger partial charge in [0.05, 0.1) is 17.9 Å². The first-order valence-electron chi connectivity index (χ1n) is 10.9. The van der Waals surface area contributed by atoms with Crippen LogP contribution in [0, 0.1) is 18.3 Å². The van der Waals surface area contributed by atoms with E-state index in [0.717, 1.165) is 6.54 Å². The average Bonchev–Trinajstić information content (AvgIpc) is 3.25. The summed E-state index contributed by atoms with van der Waals surface area (Å²) in [6.07, 6.45) is 2.14. The lowest BCUT2D eigenvalue weighted by molar-refractivity contribution is -0.128. The first-order chi connectivity index (χ1) is 14.4. The van der Waals surface area contributed by atoms with E-state index in [-0.39, 0.29) is 35.7 Å². The van der Waals surface area contributed by atoms with Crippen LogP contribution >= 0.6 is 0 Å². The number of carbonyl (C=O) groups is 3. The molecule has 0 saturated carbocycles. The maximum atomic E-state index is 13.3. The Hall–Kier alpha value is -2.19. The number of nitrogens with one attached hydrogen (secondary N) is 2. The number of aryl methyl sites for hydroxylation is 1. The maximum Gasteiger partial charge on any atom is 0.255 e. The monoisotopic (exact) mass is 435 g/mol. The highest BCUT2D eigenvalue weighted by atomic mass is 16.5. The largest absolute Gasteiger partial charge is 0.469 e. The molecular formula is C23H37N3O5. The first kappa shape index (κ1) is 25.1. The molecule has 1 fully saturated rings. The second-order valence-electron chi connectivity index (χ2n) is 9.66. The fourth-order valence-corrected chi connectivity index (χ4v) is 3.47. The number of hydrogen-bond donors (Lipinski definition) is 2. The summed E-state index contributed by atoms with van der Waals surface area (Å²) in [4.78, 5) is 40.4. The summed E-state index contributed by atoms with van der Waals surface area (Å²) in [7, 11) is 3.89. The molecule has 8 heteroatoms. The Morgan fingerprint density at radius 1 is 1.29 bits per heavy atom. The number of Topliss-reactive ketones (excluding diaryl/α,β-unsaturated/α-hetero) is 1. The van der Waals surface area contributed by atoms with Crippen molar-refractivity contribution in [2.24, 2.45) is 11.3 Å². The fraction of sp³-hybridized carbons (Fsp3) is 0.696. The van der Waals surface area contributed by atoms with E-state index in [2.05, 4.69) is 38.3 Å². The molecule has 0 aromatic carbocycles. The van der Waals surface area contributed by atoms with Crippen LogP contribution in [-0.2, 0) is 14.3 Å². The molecule has 2 rings (SSSR count). The number of amides is 2. The molecule has 2 heterocycles. The zero-order valence-electron chi connectivity index (χ0n) is 19.8. The molecule has 0 radical (unpaired) electrons. The second-order valence-corrected chi connectivity index (χ2v) is 9.66. The lowest BCUT2D eigenvalue weighted by Gasteiger charge is -2.33. The number of carbonyl (C=O) groups excluding carboxylic acids is 3. The number of furan rings is 1. The molecule has 8 nitrogen and oxygen atoms in total. The maximum absolute atomic E-state index is 13.3. The summed E-state index contributed by atoms with van der Waals surface area (Å²) in [5.41, 5.74) is 0.186. The van der Waals surface area contributed by atoms with Crippen molar-refractivity contribution in [3.63, 3.8) is 0 Å². The summed E-state index contributed by atoms with van der Waals surface area (Å²) >= 11 is 0. The number of hydrogen-bond acceptors (Lipinski definition) is 6. The molecule has 2 amide bonds. The van der Waals surface area contributed by atoms with E-state index in [9.17, 15) is 14.4 Å². The summed E-state index contributed by atoms with van der Waals surface area (Å²) in [5.74, 6) is -0.107. The highest BCUT2D eigenvalue weighted by Crippen LogP contribution is 2.32. The standard InChI is InChI=1S/C23H37N3O5/c1-14(2)23(4,5)12-17(24-21(28)16-9-11-30-15(16)3)22(29)25-20-18(27)13-31-19(20)8-10-26(6)7/h9,11,14,17,19-20H,8,10,12-13H2,1-7H3,(H,24,28)(H,25,29)/t17-,19?,20?/m0/s1. The quantitative estimate of drug-likeness (QED) is 0.584. The molecular weight excluding hydrogens is 398 g/mol. The Labute approximate surface area is 185 Å². The predicted octanol–water partition coefficient (Wildman–Crippen LogP) is 2.16. The van der Waals surface area contributed by atoms with Crippen molar-refractivity contribution < 1.29 is 23.5 Å². The minimum atomic E-state index is -0.790. The number of rotatable bonds is 10. The third kappa shape index (κ3) is 6.64. The third-order valence-corrected chi connectivity index (χ3v) is 6.34. The summed E-state index contributed by atoms with van der Waals surface area (Å²) in [5, 5.41) is 5.71. The summed E-state index contributed by atoms with van der Waals surface area (Å²) in [6, 6.07) is 0.0885. The van der Waals surface area contributed by atoms with Crippen molar-refractivity contribution in [2.45, 2.75) is 65.6 Å². The molecule has 1 saturated heterocycles. The van der Waals surface area contributed by atoms with Gasteiger partial charge in [0.2, 0.25) is 5.91 Å². The molecule has 1 aromatic rings. The molecule has 3 atom stereocenters. The Morgan fingerprint density at radius 2 is 1.97 bits per heavy atom. The van der Waals surface area contributed by atoms with Crippen molar-refractivity contribution >= 4 is 17.6 Å². The summed E-state index contributed by atoms with van der Waals surface area (Å²) < 4.78 is 10.8. The Morgan fingerprint density at radius 3 is 2.52 bits per heavy atom. The Bertz CT molecular complexity index is 784. The van der Waals surface area contributed by atoms with Crippen molar-refractivity contribution in [1.29, 1.82) is 0 Å². The highest BCUT2D eigenvalue weighted by Gasteiger charge is 2.39. The van der Waals surface area contributed by atoms with Crippen LogP contribution in [0.2, 0.25) is 0 Å². The zero-order chi connectivity index (χ0) is 23.3. The van der Waals surface area contributed by atoms with Crippen LogP contribution in [0.3, 0.4) is 0 Å². The molecule has 1 aliphatic rings. The molecule has 2 N–H and O–H groups in total. The topological polar surface area (TPSA) is 101 Å². The second kappa shape index (κ2) is 10.4. The molecule has 31 heavy (non-hydrogen) atoms. The SMILES string of the molecule is Cc1occc1C(=O)N[C@@H](CC(C)(C)C(C)C)C(=O)NC1C(=O)COC1CCN(C)C. The van der Waals surface area contributed by atoms with E-state index in [0.29, 0.717) is 30.1 Å². The molecule has 0 spiro atoms. The minimum Gasteiger partial charge on any atom is -0.469 e. The normalized spacial score (nSPS) is 20.4. The number of ether oxygens (including phenoxy) is 1. The van der Waals surface area contributed by atoms with Gasteiger partial charge in [-0.1, -0.05) is 27.7 Å². The lowest BCUT2D eigenvalue weighted by atomic mass is 9.76. The van der Waals surface area contributed by atoms with Gasteiger partial charge in [-0.15, -0.1) is 0 Å². The predicted molar refractivity (Wildman–Crippen MR) is 118 cm³/mol. The van der Waals surface area contributed by atoms with Gasteiger partial charge in [-0.25, -0.2) is 0 Å². The number of ketones is 1. The average molecular weight is 436 g/mol. The van der Waals surface area contributed by atoms with E-state index < -0.39 is 12.1 Å². The van der Waals surface area contributed by atoms with Crippen molar-refractivity contribution in [3.8, 4) is 0 Å². The van der Waals surface area contributed by atoms with Gasteiger partial charge in [0, 0.05) is 6.54 Å². The Balaban J connectivity index is 2.17. The van der Waals surface area contributed by atoms with Gasteiger partial charge in [-0.3, -0.25) is 14.4 Å². The molecule has 174 valence electrons. The van der Waals surface area contributed by atoms with E-state index in [1.807, 2.05) is 19.0 Å². The van der Waals surface area contributed by atoms with Crippen LogP contribution in [0.15, 0.2) is 16.7 Å². The minimum absolute atomic E-state index is 0.00817. The van der Waals surface area contributed by atoms with Gasteiger partial charge in [0.25, 0.3) is 5.91 Å². The van der Waals surface area contributed by atoms with Crippen LogP contribution in [0.1, 0.15) is 56.7 Å². The van der Waals surface area contributed by atoms with Gasteiger partial charge >= 0.3 is 0 Å². The summed E-state index contributed by atoms with van der Waals surface area (Å²) in [6.45, 7) is 10.7. The molecule has 0 aliphatic carbocycles. The van der Waals surface area contributed by atoms with Gasteiger partial charge in [-0.05, 0) is 51.3 Å². The zero-order valence-corrected chi connectivity index (χ0v) is 19.8. The van der Waals surface area contributed by atoms with E-state index in [4.69, 9.17) is 9.15 Å². The van der Waals surface area contributed by atoms with E-state index in [1.165, 1.54) is 6.26 Å². The van der Waals surface area contributed by atoms with Gasteiger partial charge < -0.3 is 24.7 Å². The van der Waals surface area contributed by atoms with Crippen molar-refractivity contribution in [3.05, 3.63) is 23.7 Å². The van der Waals surface area contributed by atoms with Gasteiger partial charge in [0.15, 0.2) is 5.78 Å². The van der Waals surface area contributed by atoms with Crippen LogP contribution in [0.4, 0.5) is 0 Å². The van der Waals surface area contributed by atoms with Gasteiger partial charge in [0.1, 0.15) is 24.5 Å². The van der Waals surface area contributed by atoms with Crippen LogP contribution in [-0.4, -0.2) is 67.9 Å². The molecule has 2 unspecified atom stereocenters. The number of nitrogens with zero attached hydrogens (tertiary/aromatic N) is 1. The van der Waals surface area contributed by atoms with Gasteiger partial charge in [-0.2, -0.15) is 0 Å².